The summed E-state index contributed by atoms with van der Waals surface area (Å²) in [4.78, 5) is 53.9. The molecular weight excluding hydrogens is 308 g/mol. The fourth-order valence-corrected chi connectivity index (χ4v) is 1.25. The van der Waals surface area contributed by atoms with E-state index in [0.29, 0.717) is 0 Å². The van der Waals surface area contributed by atoms with Gasteiger partial charge in [0.1, 0.15) is 0 Å². The maximum absolute atomic E-state index is 9.63. The molecule has 96 valence electrons. The van der Waals surface area contributed by atoms with Crippen LogP contribution in [0.4, 0.5) is 0 Å². The van der Waals surface area contributed by atoms with Crippen molar-refractivity contribution in [2.24, 2.45) is 0 Å². The summed E-state index contributed by atoms with van der Waals surface area (Å²) < 4.78 is 31.0. The molecule has 0 aromatic heterocycles. The van der Waals surface area contributed by atoms with Crippen molar-refractivity contribution in [2.75, 3.05) is 0 Å². The van der Waals surface area contributed by atoms with Crippen LogP contribution in [0.1, 0.15) is 0 Å². The van der Waals surface area contributed by atoms with Crippen LogP contribution in [0.5, 0.6) is 0 Å². The Morgan fingerprint density at radius 1 is 0.812 bits per heavy atom. The van der Waals surface area contributed by atoms with E-state index in [1.807, 2.05) is 0 Å². The molecule has 0 saturated heterocycles. The molecule has 16 heteroatoms. The predicted octanol–water partition coefficient (Wildman–Crippen LogP) is -6.19. The zero-order valence-corrected chi connectivity index (χ0v) is 12.2. The van der Waals surface area contributed by atoms with Crippen molar-refractivity contribution >= 4 is 23.5 Å². The predicted molar refractivity (Wildman–Crippen MR) is 40.8 cm³/mol. The first-order valence-corrected chi connectivity index (χ1v) is 6.89. The summed E-state index contributed by atoms with van der Waals surface area (Å²) in [5, 5.41) is 0. The zero-order valence-electron chi connectivity index (χ0n) is 7.57. The van der Waals surface area contributed by atoms with Crippen LogP contribution in [0.15, 0.2) is 0 Å². The Morgan fingerprint density at radius 3 is 0.938 bits per heavy atom. The molecule has 0 atom stereocenters. The number of phosphoric acid groups is 3. The van der Waals surface area contributed by atoms with Crippen molar-refractivity contribution in [3.05, 3.63) is 0 Å². The number of rotatable bonds is 2. The summed E-state index contributed by atoms with van der Waals surface area (Å²) >= 11 is 0. The maximum atomic E-state index is 9.63. The van der Waals surface area contributed by atoms with Crippen LogP contribution in [-0.2, 0) is 18.0 Å². The van der Waals surface area contributed by atoms with Gasteiger partial charge in [0.2, 0.25) is 0 Å². The third-order valence-electron chi connectivity index (χ3n) is 0.213. The second-order valence-electron chi connectivity index (χ2n) is 1.55. The molecule has 0 spiro atoms. The molecule has 0 aromatic rings. The van der Waals surface area contributed by atoms with Gasteiger partial charge in [-0.15, -0.1) is 0 Å². The van der Waals surface area contributed by atoms with E-state index in [9.17, 15) is 9.13 Å². The third-order valence-corrected chi connectivity index (χ3v) is 1.91. The molecule has 0 bridgehead atoms. The summed E-state index contributed by atoms with van der Waals surface area (Å²) in [5.74, 6) is 0. The largest absolute Gasteiger partial charge is 1.00 e. The number of hydrogen-bond donors (Lipinski definition) is 6. The van der Waals surface area contributed by atoms with E-state index >= 15 is 0 Å². The Bertz CT molecular complexity index is 259. The fraction of sp³-hybridized carbons (Fsp3) is 0. The van der Waals surface area contributed by atoms with Gasteiger partial charge in [-0.3, -0.25) is 4.57 Å². The second kappa shape index (κ2) is 9.29. The smallest absolute Gasteiger partial charge is 0.756 e. The molecule has 0 rings (SSSR count). The van der Waals surface area contributed by atoms with Gasteiger partial charge < -0.3 is 39.7 Å². The van der Waals surface area contributed by atoms with Gasteiger partial charge in [-0.05, 0) is 0 Å². The Morgan fingerprint density at radius 2 is 0.938 bits per heavy atom. The molecule has 0 amide bonds. The van der Waals surface area contributed by atoms with E-state index in [0.717, 1.165) is 0 Å². The molecule has 16 heavy (non-hydrogen) atoms. The standard InChI is InChI=1S/Na.H4O7P2.H3O4P.H2O/c;1-8(2,3)7-9(4,5)6;1-5(2,3)4;/h;(H2,1,2,3)(H2,4,5,6);(H3,1,2,3,4);1H2/q+1;;;/p-1. The molecule has 0 unspecified atom stereocenters. The fourth-order valence-electron chi connectivity index (χ4n) is 0.139. The SMILES string of the molecule is O.O=P(O)(O)OP(=O)(O)O.O=P([O-])(O)O.[Na+]. The van der Waals surface area contributed by atoms with E-state index in [-0.39, 0.29) is 35.0 Å². The van der Waals surface area contributed by atoms with Crippen LogP contribution in [-0.4, -0.2) is 34.8 Å². The minimum Gasteiger partial charge on any atom is -0.756 e. The summed E-state index contributed by atoms with van der Waals surface area (Å²) in [6.45, 7) is 0. The molecule has 0 aliphatic rings. The van der Waals surface area contributed by atoms with Crippen LogP contribution >= 0.6 is 23.5 Å². The quantitative estimate of drug-likeness (QED) is 0.207. The molecule has 8 N–H and O–H groups in total. The van der Waals surface area contributed by atoms with E-state index in [2.05, 4.69) is 4.31 Å². The monoisotopic (exact) mass is 316 g/mol. The number of hydrogen-bond acceptors (Lipinski definition) is 5. The first-order valence-electron chi connectivity index (χ1n) is 2.30. The van der Waals surface area contributed by atoms with Crippen molar-refractivity contribution < 1.29 is 87.3 Å². The Hall–Kier alpha value is 1.33. The van der Waals surface area contributed by atoms with Crippen LogP contribution in [0.3, 0.4) is 0 Å². The van der Waals surface area contributed by atoms with Gasteiger partial charge in [0.15, 0.2) is 0 Å². The zero-order chi connectivity index (χ0) is 12.2. The summed E-state index contributed by atoms with van der Waals surface area (Å²) in [6, 6.07) is 0. The van der Waals surface area contributed by atoms with Crippen LogP contribution in [0.2, 0.25) is 0 Å². The van der Waals surface area contributed by atoms with Gasteiger partial charge in [-0.2, -0.15) is 4.31 Å². The van der Waals surface area contributed by atoms with Gasteiger partial charge in [0, 0.05) is 0 Å². The molecule has 12 nitrogen and oxygen atoms in total. The van der Waals surface area contributed by atoms with E-state index in [4.69, 9.17) is 38.8 Å². The topological polar surface area (TPSA) is 236 Å². The van der Waals surface area contributed by atoms with Gasteiger partial charge in [-0.25, -0.2) is 9.13 Å². The van der Waals surface area contributed by atoms with Crippen LogP contribution in [0.25, 0.3) is 0 Å². The first-order chi connectivity index (χ1) is 5.71. The average Bonchev–Trinajstić information content (AvgIpc) is 1.42. The van der Waals surface area contributed by atoms with Crippen molar-refractivity contribution in [3.63, 3.8) is 0 Å². The molecule has 0 saturated carbocycles. The molecule has 0 aromatic carbocycles. The molecule has 0 radical (unpaired) electrons. The van der Waals surface area contributed by atoms with Crippen molar-refractivity contribution in [1.82, 2.24) is 0 Å². The molecular formula is H8NaO12P3. The summed E-state index contributed by atoms with van der Waals surface area (Å²) in [5.41, 5.74) is 0. The van der Waals surface area contributed by atoms with Crippen LogP contribution in [0, 0.1) is 0 Å². The van der Waals surface area contributed by atoms with Gasteiger partial charge >= 0.3 is 45.2 Å². The minimum atomic E-state index is -5.05. The van der Waals surface area contributed by atoms with E-state index in [1.165, 1.54) is 0 Å². The average molecular weight is 316 g/mol. The summed E-state index contributed by atoms with van der Waals surface area (Å²) in [6.07, 6.45) is 0. The van der Waals surface area contributed by atoms with Crippen LogP contribution < -0.4 is 34.5 Å². The third kappa shape index (κ3) is 58.6. The van der Waals surface area contributed by atoms with Crippen molar-refractivity contribution in [2.45, 2.75) is 0 Å². The van der Waals surface area contributed by atoms with E-state index < -0.39 is 23.5 Å². The first kappa shape index (κ1) is 26.0. The minimum absolute atomic E-state index is 0. The van der Waals surface area contributed by atoms with Gasteiger partial charge in [0.05, 0.1) is 0 Å². The Labute approximate surface area is 111 Å². The molecule has 0 fully saturated rings. The molecule has 0 heterocycles. The normalized spacial score (nSPS) is 11.4. The second-order valence-corrected chi connectivity index (χ2v) is 5.15. The molecule has 0 aliphatic carbocycles. The Balaban J connectivity index is -0.0000000904. The van der Waals surface area contributed by atoms with Crippen molar-refractivity contribution in [1.29, 1.82) is 0 Å². The maximum Gasteiger partial charge on any atom is 1.00 e. The van der Waals surface area contributed by atoms with Gasteiger partial charge in [-0.1, -0.05) is 0 Å². The Kier molecular flexibility index (Phi) is 15.1. The van der Waals surface area contributed by atoms with Crippen molar-refractivity contribution in [3.8, 4) is 0 Å². The molecule has 0 aliphatic heterocycles. The summed E-state index contributed by atoms with van der Waals surface area (Å²) in [7, 11) is -15.0. The van der Waals surface area contributed by atoms with E-state index in [1.54, 1.807) is 0 Å². The van der Waals surface area contributed by atoms with Gasteiger partial charge in [0.25, 0.3) is 7.82 Å².